The Kier molecular flexibility index (Phi) is 4.62. The largest absolute Gasteiger partial charge is 0.454 e. The van der Waals surface area contributed by atoms with Crippen LogP contribution >= 0.6 is 0 Å². The molecule has 0 aromatic heterocycles. The van der Waals surface area contributed by atoms with Crippen molar-refractivity contribution >= 4 is 17.5 Å². The lowest BCUT2D eigenvalue weighted by Crippen LogP contribution is -2.34. The number of halogens is 2. The van der Waals surface area contributed by atoms with Gasteiger partial charge in [0.2, 0.25) is 18.6 Å². The lowest BCUT2D eigenvalue weighted by Gasteiger charge is -2.19. The minimum atomic E-state index is -0.771. The summed E-state index contributed by atoms with van der Waals surface area (Å²) in [6.45, 7) is 2.06. The van der Waals surface area contributed by atoms with E-state index in [1.807, 2.05) is 13.0 Å². The molecule has 2 aromatic carbocycles. The number of hydrogen-bond donors (Lipinski definition) is 1. The molecule has 0 saturated carbocycles. The van der Waals surface area contributed by atoms with Crippen molar-refractivity contribution in [1.29, 1.82) is 0 Å². The Morgan fingerprint density at radius 1 is 1.14 bits per heavy atom. The minimum Gasteiger partial charge on any atom is -0.454 e. The van der Waals surface area contributed by atoms with E-state index >= 15 is 0 Å². The van der Waals surface area contributed by atoms with Gasteiger partial charge in [0.15, 0.2) is 11.5 Å². The van der Waals surface area contributed by atoms with Gasteiger partial charge in [-0.05, 0) is 36.8 Å². The Balaban J connectivity index is 1.43. The molecule has 0 radical (unpaired) electrons. The Labute approximate surface area is 160 Å². The standard InChI is InChI=1S/C20H18F2N2O4/c1-11(12-2-3-17-18(4-12)28-10-27-17)23-20(26)13-5-19(25)24(9-13)16-7-14(21)6-15(22)8-16/h2-4,6-8,11,13H,5,9-10H2,1H3,(H,23,26). The molecule has 8 heteroatoms. The molecule has 6 nitrogen and oxygen atoms in total. The maximum Gasteiger partial charge on any atom is 0.231 e. The highest BCUT2D eigenvalue weighted by molar-refractivity contribution is 6.00. The summed E-state index contributed by atoms with van der Waals surface area (Å²) in [5, 5.41) is 2.88. The van der Waals surface area contributed by atoms with Crippen molar-refractivity contribution in [2.24, 2.45) is 5.92 Å². The predicted octanol–water partition coefficient (Wildman–Crippen LogP) is 2.92. The zero-order valence-electron chi connectivity index (χ0n) is 15.1. The maximum atomic E-state index is 13.4. The van der Waals surface area contributed by atoms with Crippen molar-refractivity contribution < 1.29 is 27.8 Å². The van der Waals surface area contributed by atoms with Crippen LogP contribution in [0, 0.1) is 17.6 Å². The summed E-state index contributed by atoms with van der Waals surface area (Å²) in [5.74, 6) is -1.51. The number of carbonyl (C=O) groups excluding carboxylic acids is 2. The summed E-state index contributed by atoms with van der Waals surface area (Å²) in [6.07, 6.45) is -0.0160. The molecule has 2 atom stereocenters. The molecular formula is C20H18F2N2O4. The summed E-state index contributed by atoms with van der Waals surface area (Å²) in [5.41, 5.74) is 0.951. The number of nitrogens with one attached hydrogen (secondary N) is 1. The van der Waals surface area contributed by atoms with Crippen molar-refractivity contribution in [1.82, 2.24) is 5.32 Å². The number of fused-ring (bicyclic) bond motifs is 1. The topological polar surface area (TPSA) is 67.9 Å². The van der Waals surface area contributed by atoms with E-state index in [1.54, 1.807) is 12.1 Å². The van der Waals surface area contributed by atoms with Gasteiger partial charge in [0.05, 0.1) is 12.0 Å². The maximum absolute atomic E-state index is 13.4. The Bertz CT molecular complexity index is 930. The highest BCUT2D eigenvalue weighted by Crippen LogP contribution is 2.34. The van der Waals surface area contributed by atoms with Gasteiger partial charge in [0.25, 0.3) is 0 Å². The molecule has 4 rings (SSSR count). The molecule has 0 bridgehead atoms. The number of benzene rings is 2. The highest BCUT2D eigenvalue weighted by Gasteiger charge is 2.36. The van der Waals surface area contributed by atoms with Gasteiger partial charge in [-0.1, -0.05) is 6.07 Å². The summed E-state index contributed by atoms with van der Waals surface area (Å²) in [6, 6.07) is 8.00. The number of hydrogen-bond acceptors (Lipinski definition) is 4. The van der Waals surface area contributed by atoms with E-state index in [9.17, 15) is 18.4 Å². The zero-order chi connectivity index (χ0) is 19.8. The summed E-state index contributed by atoms with van der Waals surface area (Å²) in [7, 11) is 0. The van der Waals surface area contributed by atoms with Crippen LogP contribution in [0.3, 0.4) is 0 Å². The molecular weight excluding hydrogens is 370 g/mol. The smallest absolute Gasteiger partial charge is 0.231 e. The fraction of sp³-hybridized carbons (Fsp3) is 0.300. The van der Waals surface area contributed by atoms with Gasteiger partial charge < -0.3 is 19.7 Å². The van der Waals surface area contributed by atoms with Gasteiger partial charge in [0, 0.05) is 24.7 Å². The molecule has 2 unspecified atom stereocenters. The SMILES string of the molecule is CC(NC(=O)C1CC(=O)N(c2cc(F)cc(F)c2)C1)c1ccc2c(c1)OCO2. The van der Waals surface area contributed by atoms with Gasteiger partial charge in [-0.15, -0.1) is 0 Å². The van der Waals surface area contributed by atoms with E-state index in [0.717, 1.165) is 23.8 Å². The third-order valence-corrected chi connectivity index (χ3v) is 4.91. The van der Waals surface area contributed by atoms with E-state index in [2.05, 4.69) is 5.32 Å². The molecule has 2 aromatic rings. The fourth-order valence-corrected chi connectivity index (χ4v) is 3.42. The average Bonchev–Trinajstić information content (AvgIpc) is 3.26. The van der Waals surface area contributed by atoms with Crippen LogP contribution in [0.2, 0.25) is 0 Å². The van der Waals surface area contributed by atoms with Gasteiger partial charge >= 0.3 is 0 Å². The van der Waals surface area contributed by atoms with Gasteiger partial charge in [-0.3, -0.25) is 9.59 Å². The molecule has 146 valence electrons. The van der Waals surface area contributed by atoms with Crippen molar-refractivity contribution in [2.45, 2.75) is 19.4 Å². The molecule has 1 saturated heterocycles. The highest BCUT2D eigenvalue weighted by atomic mass is 19.1. The number of nitrogens with zero attached hydrogens (tertiary/aromatic N) is 1. The van der Waals surface area contributed by atoms with Crippen LogP contribution in [0.4, 0.5) is 14.5 Å². The van der Waals surface area contributed by atoms with Crippen molar-refractivity contribution in [3.63, 3.8) is 0 Å². The Morgan fingerprint density at radius 3 is 2.61 bits per heavy atom. The predicted molar refractivity (Wildman–Crippen MR) is 95.9 cm³/mol. The molecule has 2 heterocycles. The van der Waals surface area contributed by atoms with Crippen LogP contribution in [-0.4, -0.2) is 25.2 Å². The molecule has 0 aliphatic carbocycles. The summed E-state index contributed by atoms with van der Waals surface area (Å²) in [4.78, 5) is 26.1. The van der Waals surface area contributed by atoms with Crippen molar-refractivity contribution in [3.8, 4) is 11.5 Å². The van der Waals surface area contributed by atoms with Crippen LogP contribution in [0.25, 0.3) is 0 Å². The molecule has 1 fully saturated rings. The zero-order valence-corrected chi connectivity index (χ0v) is 15.1. The lowest BCUT2D eigenvalue weighted by molar-refractivity contribution is -0.126. The number of carbonyl (C=O) groups is 2. The molecule has 2 aliphatic rings. The van der Waals surface area contributed by atoms with Gasteiger partial charge in [-0.2, -0.15) is 0 Å². The lowest BCUT2D eigenvalue weighted by atomic mass is 10.0. The molecule has 2 aliphatic heterocycles. The summed E-state index contributed by atoms with van der Waals surface area (Å²) < 4.78 is 37.5. The Hall–Kier alpha value is -3.16. The quantitative estimate of drug-likeness (QED) is 0.875. The minimum absolute atomic E-state index is 0.0160. The first-order valence-corrected chi connectivity index (χ1v) is 8.87. The molecule has 0 spiro atoms. The normalized spacial score (nSPS) is 19.0. The fourth-order valence-electron chi connectivity index (χ4n) is 3.42. The monoisotopic (exact) mass is 388 g/mol. The van der Waals surface area contributed by atoms with Crippen LogP contribution in [0.5, 0.6) is 11.5 Å². The second-order valence-corrected chi connectivity index (χ2v) is 6.88. The van der Waals surface area contributed by atoms with Gasteiger partial charge in [-0.25, -0.2) is 8.78 Å². The number of anilines is 1. The van der Waals surface area contributed by atoms with Crippen LogP contribution in [0.1, 0.15) is 24.9 Å². The van der Waals surface area contributed by atoms with E-state index in [-0.39, 0.29) is 43.3 Å². The van der Waals surface area contributed by atoms with Gasteiger partial charge in [0.1, 0.15) is 11.6 Å². The Morgan fingerprint density at radius 2 is 1.86 bits per heavy atom. The molecule has 1 N–H and O–H groups in total. The van der Waals surface area contributed by atoms with Crippen molar-refractivity contribution in [2.75, 3.05) is 18.2 Å². The van der Waals surface area contributed by atoms with Crippen molar-refractivity contribution in [3.05, 3.63) is 53.6 Å². The molecule has 28 heavy (non-hydrogen) atoms. The van der Waals surface area contributed by atoms with E-state index in [0.29, 0.717) is 11.5 Å². The average molecular weight is 388 g/mol. The first kappa shape index (κ1) is 18.2. The molecule has 2 amide bonds. The second-order valence-electron chi connectivity index (χ2n) is 6.88. The van der Waals surface area contributed by atoms with E-state index in [4.69, 9.17) is 9.47 Å². The first-order chi connectivity index (χ1) is 13.4. The van der Waals surface area contributed by atoms with Crippen LogP contribution < -0.4 is 19.7 Å². The number of rotatable bonds is 4. The second kappa shape index (κ2) is 7.10. The van der Waals surface area contributed by atoms with E-state index < -0.39 is 17.6 Å². The number of amides is 2. The van der Waals surface area contributed by atoms with E-state index in [1.165, 1.54) is 4.90 Å². The summed E-state index contributed by atoms with van der Waals surface area (Å²) >= 11 is 0. The van der Waals surface area contributed by atoms with Crippen LogP contribution in [-0.2, 0) is 9.59 Å². The third-order valence-electron chi connectivity index (χ3n) is 4.91. The first-order valence-electron chi connectivity index (χ1n) is 8.87. The van der Waals surface area contributed by atoms with Crippen LogP contribution in [0.15, 0.2) is 36.4 Å². The number of ether oxygens (including phenoxy) is 2. The third kappa shape index (κ3) is 3.49.